The highest BCUT2D eigenvalue weighted by Crippen LogP contribution is 2.31. The summed E-state index contributed by atoms with van der Waals surface area (Å²) in [7, 11) is 3.23. The van der Waals surface area contributed by atoms with Gasteiger partial charge in [0.05, 0.1) is 19.9 Å². The van der Waals surface area contributed by atoms with Crippen molar-refractivity contribution in [3.63, 3.8) is 0 Å². The number of anilines is 1. The Kier molecular flexibility index (Phi) is 6.11. The van der Waals surface area contributed by atoms with Crippen molar-refractivity contribution in [2.75, 3.05) is 45.3 Å². The van der Waals surface area contributed by atoms with Crippen molar-refractivity contribution in [2.24, 2.45) is 0 Å². The van der Waals surface area contributed by atoms with Gasteiger partial charge in [-0.25, -0.2) is 0 Å². The fourth-order valence-electron chi connectivity index (χ4n) is 3.20. The van der Waals surface area contributed by atoms with Crippen LogP contribution in [0.15, 0.2) is 30.3 Å². The summed E-state index contributed by atoms with van der Waals surface area (Å²) < 4.78 is 10.6. The maximum atomic E-state index is 12.0. The number of rotatable bonds is 6. The van der Waals surface area contributed by atoms with E-state index in [1.165, 1.54) is 0 Å². The lowest BCUT2D eigenvalue weighted by Gasteiger charge is -2.35. The van der Waals surface area contributed by atoms with E-state index >= 15 is 0 Å². The molecule has 1 aliphatic heterocycles. The van der Waals surface area contributed by atoms with E-state index < -0.39 is 0 Å². The lowest BCUT2D eigenvalue weighted by molar-refractivity contribution is -0.131. The van der Waals surface area contributed by atoms with E-state index in [4.69, 9.17) is 9.47 Å². The molecule has 1 fully saturated rings. The molecule has 0 unspecified atom stereocenters. The first kappa shape index (κ1) is 18.9. The maximum Gasteiger partial charge on any atom is 0.222 e. The highest BCUT2D eigenvalue weighted by atomic mass is 16.5. The Bertz CT molecular complexity index is 771. The first-order valence-corrected chi connectivity index (χ1v) is 9.25. The minimum absolute atomic E-state index is 0.243. The Labute approximate surface area is 159 Å². The monoisotopic (exact) mass is 370 g/mol. The van der Waals surface area contributed by atoms with Gasteiger partial charge in [-0.3, -0.25) is 4.79 Å². The molecule has 0 N–H and O–H groups in total. The number of hydrogen-bond donors (Lipinski definition) is 0. The molecule has 0 spiro atoms. The number of carbonyl (C=O) groups is 1. The molecule has 1 saturated heterocycles. The van der Waals surface area contributed by atoms with Crippen LogP contribution in [0.2, 0.25) is 0 Å². The highest BCUT2D eigenvalue weighted by molar-refractivity contribution is 5.76. The van der Waals surface area contributed by atoms with Gasteiger partial charge >= 0.3 is 0 Å². The number of benzene rings is 1. The van der Waals surface area contributed by atoms with Gasteiger partial charge in [-0.2, -0.15) is 0 Å². The van der Waals surface area contributed by atoms with E-state index in [2.05, 4.69) is 15.1 Å². The molecule has 7 heteroatoms. The van der Waals surface area contributed by atoms with Crippen LogP contribution in [0.25, 0.3) is 11.3 Å². The zero-order chi connectivity index (χ0) is 19.2. The van der Waals surface area contributed by atoms with Gasteiger partial charge in [-0.1, -0.05) is 6.92 Å². The summed E-state index contributed by atoms with van der Waals surface area (Å²) in [6.45, 7) is 5.05. The third-order valence-electron chi connectivity index (χ3n) is 4.75. The third kappa shape index (κ3) is 4.30. The summed E-state index contributed by atoms with van der Waals surface area (Å²) >= 11 is 0. The second kappa shape index (κ2) is 8.70. The molecule has 0 radical (unpaired) electrons. The molecule has 27 heavy (non-hydrogen) atoms. The van der Waals surface area contributed by atoms with Gasteiger partial charge in [-0.05, 0) is 36.8 Å². The standard InChI is InChI=1S/C20H26N4O3/c1-4-5-20(25)24-12-10-23(11-13-24)19-9-7-16(21-22-19)15-6-8-17(26-2)18(14-15)27-3/h6-9,14H,4-5,10-13H2,1-3H3. The largest absolute Gasteiger partial charge is 0.493 e. The number of nitrogens with zero attached hydrogens (tertiary/aromatic N) is 4. The highest BCUT2D eigenvalue weighted by Gasteiger charge is 2.21. The summed E-state index contributed by atoms with van der Waals surface area (Å²) in [4.78, 5) is 16.1. The fraction of sp³-hybridized carbons (Fsp3) is 0.450. The summed E-state index contributed by atoms with van der Waals surface area (Å²) in [6.07, 6.45) is 1.52. The zero-order valence-corrected chi connectivity index (χ0v) is 16.1. The van der Waals surface area contributed by atoms with Crippen molar-refractivity contribution in [1.29, 1.82) is 0 Å². The van der Waals surface area contributed by atoms with Crippen LogP contribution in [-0.4, -0.2) is 61.4 Å². The van der Waals surface area contributed by atoms with Crippen LogP contribution < -0.4 is 14.4 Å². The van der Waals surface area contributed by atoms with E-state index in [1.54, 1.807) is 14.2 Å². The van der Waals surface area contributed by atoms with Crippen molar-refractivity contribution in [2.45, 2.75) is 19.8 Å². The summed E-state index contributed by atoms with van der Waals surface area (Å²) in [5, 5.41) is 8.75. The molecule has 0 aliphatic carbocycles. The molecule has 2 aromatic rings. The van der Waals surface area contributed by atoms with Gasteiger partial charge in [-0.15, -0.1) is 10.2 Å². The van der Waals surface area contributed by atoms with E-state index in [9.17, 15) is 4.79 Å². The molecule has 7 nitrogen and oxygen atoms in total. The van der Waals surface area contributed by atoms with Crippen LogP contribution in [-0.2, 0) is 4.79 Å². The smallest absolute Gasteiger partial charge is 0.222 e. The predicted molar refractivity (Wildman–Crippen MR) is 104 cm³/mol. The Morgan fingerprint density at radius 3 is 2.33 bits per heavy atom. The number of ether oxygens (including phenoxy) is 2. The third-order valence-corrected chi connectivity index (χ3v) is 4.75. The summed E-state index contributed by atoms with van der Waals surface area (Å²) in [6, 6.07) is 9.61. The second-order valence-corrected chi connectivity index (χ2v) is 6.46. The first-order chi connectivity index (χ1) is 13.2. The Hall–Kier alpha value is -2.83. The van der Waals surface area contributed by atoms with Crippen LogP contribution in [0.3, 0.4) is 0 Å². The van der Waals surface area contributed by atoms with Crippen molar-refractivity contribution >= 4 is 11.7 Å². The molecular formula is C20H26N4O3. The van der Waals surface area contributed by atoms with E-state index in [1.807, 2.05) is 42.2 Å². The van der Waals surface area contributed by atoms with Gasteiger partial charge < -0.3 is 19.3 Å². The molecule has 1 amide bonds. The lowest BCUT2D eigenvalue weighted by Crippen LogP contribution is -2.49. The minimum Gasteiger partial charge on any atom is -0.493 e. The average molecular weight is 370 g/mol. The fourth-order valence-corrected chi connectivity index (χ4v) is 3.20. The molecule has 144 valence electrons. The molecular weight excluding hydrogens is 344 g/mol. The topological polar surface area (TPSA) is 67.8 Å². The zero-order valence-electron chi connectivity index (χ0n) is 16.1. The number of methoxy groups -OCH3 is 2. The van der Waals surface area contributed by atoms with Crippen LogP contribution in [0, 0.1) is 0 Å². The molecule has 1 aromatic carbocycles. The summed E-state index contributed by atoms with van der Waals surface area (Å²) in [5.74, 6) is 2.42. The molecule has 2 heterocycles. The Balaban J connectivity index is 1.67. The predicted octanol–water partition coefficient (Wildman–Crippen LogP) is 2.61. The SMILES string of the molecule is CCCC(=O)N1CCN(c2ccc(-c3ccc(OC)c(OC)c3)nn2)CC1. The van der Waals surface area contributed by atoms with Gasteiger partial charge in [0.1, 0.15) is 0 Å². The normalized spacial score (nSPS) is 14.2. The number of piperazine rings is 1. The van der Waals surface area contributed by atoms with E-state index in [-0.39, 0.29) is 5.91 Å². The lowest BCUT2D eigenvalue weighted by atomic mass is 10.1. The first-order valence-electron chi connectivity index (χ1n) is 9.25. The molecule has 0 atom stereocenters. The molecule has 0 bridgehead atoms. The summed E-state index contributed by atoms with van der Waals surface area (Å²) in [5.41, 5.74) is 1.69. The van der Waals surface area contributed by atoms with Gasteiger partial charge in [0.25, 0.3) is 0 Å². The van der Waals surface area contributed by atoms with Gasteiger partial charge in [0.2, 0.25) is 5.91 Å². The molecule has 0 saturated carbocycles. The Morgan fingerprint density at radius 2 is 1.74 bits per heavy atom. The van der Waals surface area contributed by atoms with Crippen LogP contribution in [0.5, 0.6) is 11.5 Å². The van der Waals surface area contributed by atoms with Crippen LogP contribution in [0.1, 0.15) is 19.8 Å². The number of hydrogen-bond acceptors (Lipinski definition) is 6. The van der Waals surface area contributed by atoms with Crippen LogP contribution >= 0.6 is 0 Å². The second-order valence-electron chi connectivity index (χ2n) is 6.46. The van der Waals surface area contributed by atoms with E-state index in [0.29, 0.717) is 17.9 Å². The maximum absolute atomic E-state index is 12.0. The number of carbonyl (C=O) groups excluding carboxylic acids is 1. The van der Waals surface area contributed by atoms with E-state index in [0.717, 1.165) is 49.7 Å². The number of aromatic nitrogens is 2. The van der Waals surface area contributed by atoms with Crippen LogP contribution in [0.4, 0.5) is 5.82 Å². The molecule has 1 aliphatic rings. The van der Waals surface area contributed by atoms with Crippen molar-refractivity contribution in [3.05, 3.63) is 30.3 Å². The molecule has 1 aromatic heterocycles. The van der Waals surface area contributed by atoms with Crippen molar-refractivity contribution in [3.8, 4) is 22.8 Å². The Morgan fingerprint density at radius 1 is 1.00 bits per heavy atom. The van der Waals surface area contributed by atoms with Gasteiger partial charge in [0.15, 0.2) is 17.3 Å². The van der Waals surface area contributed by atoms with Crippen molar-refractivity contribution < 1.29 is 14.3 Å². The quantitative estimate of drug-likeness (QED) is 0.779. The number of amides is 1. The van der Waals surface area contributed by atoms with Crippen molar-refractivity contribution in [1.82, 2.24) is 15.1 Å². The average Bonchev–Trinajstić information content (AvgIpc) is 2.73. The van der Waals surface area contributed by atoms with Gasteiger partial charge in [0, 0.05) is 38.2 Å². The molecule has 3 rings (SSSR count). The minimum atomic E-state index is 0.243.